The van der Waals surface area contributed by atoms with Crippen LogP contribution >= 0.6 is 0 Å². The van der Waals surface area contributed by atoms with Gasteiger partial charge in [-0.25, -0.2) is 0 Å². The SMILES string of the molecule is O=C(c1cc(=O)c2ccccc2o1)N1CCCCC[C@@H]1c1ccncc1. The third-order valence-corrected chi connectivity index (χ3v) is 4.95. The van der Waals surface area contributed by atoms with Gasteiger partial charge in [0, 0.05) is 25.0 Å². The molecule has 1 aromatic carbocycles. The number of nitrogens with zero attached hydrogens (tertiary/aromatic N) is 2. The van der Waals surface area contributed by atoms with Gasteiger partial charge in [-0.05, 0) is 42.7 Å². The fourth-order valence-electron chi connectivity index (χ4n) is 3.63. The molecule has 132 valence electrons. The van der Waals surface area contributed by atoms with Crippen LogP contribution < -0.4 is 5.43 Å². The number of fused-ring (bicyclic) bond motifs is 1. The van der Waals surface area contributed by atoms with E-state index in [1.165, 1.54) is 6.07 Å². The Hall–Kier alpha value is -2.95. The van der Waals surface area contributed by atoms with Gasteiger partial charge in [0.1, 0.15) is 5.58 Å². The number of rotatable bonds is 2. The van der Waals surface area contributed by atoms with E-state index in [1.807, 2.05) is 17.0 Å². The highest BCUT2D eigenvalue weighted by atomic mass is 16.3. The molecule has 26 heavy (non-hydrogen) atoms. The normalized spacial score (nSPS) is 17.8. The predicted molar refractivity (Wildman–Crippen MR) is 99.0 cm³/mol. The van der Waals surface area contributed by atoms with Gasteiger partial charge in [-0.3, -0.25) is 14.6 Å². The maximum Gasteiger partial charge on any atom is 0.290 e. The summed E-state index contributed by atoms with van der Waals surface area (Å²) in [6.07, 6.45) is 7.50. The van der Waals surface area contributed by atoms with Crippen LogP contribution in [0.1, 0.15) is 47.8 Å². The summed E-state index contributed by atoms with van der Waals surface area (Å²) in [5.74, 6) is -0.119. The summed E-state index contributed by atoms with van der Waals surface area (Å²) in [7, 11) is 0. The van der Waals surface area contributed by atoms with Crippen molar-refractivity contribution >= 4 is 16.9 Å². The lowest BCUT2D eigenvalue weighted by Crippen LogP contribution is -2.35. The topological polar surface area (TPSA) is 63.4 Å². The largest absolute Gasteiger partial charge is 0.451 e. The molecule has 3 aromatic rings. The van der Waals surface area contributed by atoms with Crippen molar-refractivity contribution < 1.29 is 9.21 Å². The van der Waals surface area contributed by atoms with Gasteiger partial charge in [0.15, 0.2) is 11.2 Å². The standard InChI is InChI=1S/C21H20N2O3/c24-18-14-20(26-19-8-4-3-6-16(18)19)21(25)23-13-5-1-2-7-17(23)15-9-11-22-12-10-15/h3-4,6,8-12,14,17H,1-2,5,7,13H2/t17-/m1/s1. The molecule has 1 amide bonds. The van der Waals surface area contributed by atoms with Crippen molar-refractivity contribution in [1.29, 1.82) is 0 Å². The van der Waals surface area contributed by atoms with Crippen molar-refractivity contribution in [1.82, 2.24) is 9.88 Å². The summed E-state index contributed by atoms with van der Waals surface area (Å²) in [4.78, 5) is 31.5. The predicted octanol–water partition coefficient (Wildman–Crippen LogP) is 3.95. The minimum atomic E-state index is -0.225. The lowest BCUT2D eigenvalue weighted by atomic mass is 10.0. The van der Waals surface area contributed by atoms with E-state index in [9.17, 15) is 9.59 Å². The van der Waals surface area contributed by atoms with Crippen LogP contribution in [0.25, 0.3) is 11.0 Å². The van der Waals surface area contributed by atoms with Gasteiger partial charge in [-0.2, -0.15) is 0 Å². The Kier molecular flexibility index (Phi) is 4.52. The molecule has 1 aliphatic heterocycles. The Labute approximate surface area is 151 Å². The second kappa shape index (κ2) is 7.12. The smallest absolute Gasteiger partial charge is 0.290 e. The minimum Gasteiger partial charge on any atom is -0.451 e. The van der Waals surface area contributed by atoms with Crippen LogP contribution in [-0.2, 0) is 0 Å². The van der Waals surface area contributed by atoms with E-state index >= 15 is 0 Å². The van der Waals surface area contributed by atoms with Crippen LogP contribution in [0, 0.1) is 0 Å². The quantitative estimate of drug-likeness (QED) is 0.703. The van der Waals surface area contributed by atoms with E-state index in [4.69, 9.17) is 4.42 Å². The van der Waals surface area contributed by atoms with Crippen LogP contribution in [0.15, 0.2) is 64.1 Å². The number of carbonyl (C=O) groups is 1. The van der Waals surface area contributed by atoms with Crippen molar-refractivity contribution in [2.75, 3.05) is 6.54 Å². The summed E-state index contributed by atoms with van der Waals surface area (Å²) in [6, 6.07) is 12.2. The van der Waals surface area contributed by atoms with E-state index in [2.05, 4.69) is 4.98 Å². The number of pyridine rings is 1. The molecule has 4 rings (SSSR count). The van der Waals surface area contributed by atoms with Gasteiger partial charge in [0.2, 0.25) is 0 Å². The Morgan fingerprint density at radius 3 is 2.73 bits per heavy atom. The second-order valence-corrected chi connectivity index (χ2v) is 6.62. The Balaban J connectivity index is 1.74. The molecular formula is C21H20N2O3. The molecule has 1 fully saturated rings. The van der Waals surface area contributed by atoms with Crippen molar-refractivity contribution in [3.8, 4) is 0 Å². The number of aromatic nitrogens is 1. The number of benzene rings is 1. The first-order valence-electron chi connectivity index (χ1n) is 8.98. The van der Waals surface area contributed by atoms with Crippen molar-refractivity contribution in [3.05, 3.63) is 76.4 Å². The third kappa shape index (κ3) is 3.12. The summed E-state index contributed by atoms with van der Waals surface area (Å²) >= 11 is 0. The number of hydrogen-bond acceptors (Lipinski definition) is 4. The Bertz CT molecular complexity index is 981. The number of hydrogen-bond donors (Lipinski definition) is 0. The second-order valence-electron chi connectivity index (χ2n) is 6.62. The highest BCUT2D eigenvalue weighted by Gasteiger charge is 2.29. The van der Waals surface area contributed by atoms with Crippen LogP contribution in [-0.4, -0.2) is 22.3 Å². The molecule has 1 saturated heterocycles. The van der Waals surface area contributed by atoms with Crippen molar-refractivity contribution in [2.24, 2.45) is 0 Å². The summed E-state index contributed by atoms with van der Waals surface area (Å²) in [5.41, 5.74) is 1.32. The summed E-state index contributed by atoms with van der Waals surface area (Å²) < 4.78 is 5.78. The molecule has 0 spiro atoms. The summed E-state index contributed by atoms with van der Waals surface area (Å²) in [6.45, 7) is 0.655. The van der Waals surface area contributed by atoms with Crippen molar-refractivity contribution in [2.45, 2.75) is 31.7 Å². The maximum absolute atomic E-state index is 13.2. The first-order valence-corrected chi connectivity index (χ1v) is 8.98. The van der Waals surface area contributed by atoms with Gasteiger partial charge in [0.25, 0.3) is 5.91 Å². The van der Waals surface area contributed by atoms with Gasteiger partial charge in [0.05, 0.1) is 11.4 Å². The molecule has 0 saturated carbocycles. The fraction of sp³-hybridized carbons (Fsp3) is 0.286. The molecule has 0 unspecified atom stereocenters. The minimum absolute atomic E-state index is 0.0234. The molecule has 5 heteroatoms. The molecule has 0 bridgehead atoms. The van der Waals surface area contributed by atoms with E-state index in [-0.39, 0.29) is 23.1 Å². The fourth-order valence-corrected chi connectivity index (χ4v) is 3.63. The van der Waals surface area contributed by atoms with E-state index in [0.29, 0.717) is 17.5 Å². The molecule has 0 aliphatic carbocycles. The van der Waals surface area contributed by atoms with E-state index in [0.717, 1.165) is 31.2 Å². The lowest BCUT2D eigenvalue weighted by molar-refractivity contribution is 0.0648. The third-order valence-electron chi connectivity index (χ3n) is 4.95. The van der Waals surface area contributed by atoms with Gasteiger partial charge >= 0.3 is 0 Å². The first kappa shape index (κ1) is 16.5. The van der Waals surface area contributed by atoms with Crippen LogP contribution in [0.4, 0.5) is 0 Å². The molecule has 0 radical (unpaired) electrons. The number of para-hydroxylation sites is 1. The molecule has 1 aliphatic rings. The molecule has 0 N–H and O–H groups in total. The van der Waals surface area contributed by atoms with E-state index < -0.39 is 0 Å². The molecular weight excluding hydrogens is 328 g/mol. The highest BCUT2D eigenvalue weighted by molar-refractivity contribution is 5.93. The molecule has 1 atom stereocenters. The summed E-state index contributed by atoms with van der Waals surface area (Å²) in [5, 5.41) is 0.491. The monoisotopic (exact) mass is 348 g/mol. The van der Waals surface area contributed by atoms with Crippen LogP contribution in [0.3, 0.4) is 0 Å². The molecule has 2 aromatic heterocycles. The average Bonchev–Trinajstić information content (AvgIpc) is 2.94. The first-order chi connectivity index (χ1) is 12.7. The van der Waals surface area contributed by atoms with Gasteiger partial charge in [-0.15, -0.1) is 0 Å². The highest BCUT2D eigenvalue weighted by Crippen LogP contribution is 2.31. The number of amides is 1. The van der Waals surface area contributed by atoms with Crippen molar-refractivity contribution in [3.63, 3.8) is 0 Å². The Morgan fingerprint density at radius 2 is 1.88 bits per heavy atom. The van der Waals surface area contributed by atoms with Gasteiger partial charge < -0.3 is 9.32 Å². The number of likely N-dealkylation sites (tertiary alicyclic amines) is 1. The zero-order valence-electron chi connectivity index (χ0n) is 14.4. The molecule has 5 nitrogen and oxygen atoms in total. The van der Waals surface area contributed by atoms with Gasteiger partial charge in [-0.1, -0.05) is 25.0 Å². The zero-order chi connectivity index (χ0) is 17.9. The van der Waals surface area contributed by atoms with Crippen LogP contribution in [0.5, 0.6) is 0 Å². The molecule has 3 heterocycles. The number of carbonyl (C=O) groups excluding carboxylic acids is 1. The Morgan fingerprint density at radius 1 is 1.08 bits per heavy atom. The lowest BCUT2D eigenvalue weighted by Gasteiger charge is -2.30. The average molecular weight is 348 g/mol. The maximum atomic E-state index is 13.2. The van der Waals surface area contributed by atoms with E-state index in [1.54, 1.807) is 36.7 Å². The van der Waals surface area contributed by atoms with Crippen LogP contribution in [0.2, 0.25) is 0 Å². The zero-order valence-corrected chi connectivity index (χ0v) is 14.4.